The van der Waals surface area contributed by atoms with Crippen molar-refractivity contribution in [2.24, 2.45) is 5.73 Å². The van der Waals surface area contributed by atoms with Crippen molar-refractivity contribution in [3.8, 4) is 0 Å². The van der Waals surface area contributed by atoms with Crippen molar-refractivity contribution in [1.29, 1.82) is 0 Å². The second-order valence-electron chi connectivity index (χ2n) is 3.29. The molecule has 0 aromatic heterocycles. The van der Waals surface area contributed by atoms with E-state index in [0.717, 1.165) is 0 Å². The Labute approximate surface area is 101 Å². The molecule has 4 N–H and O–H groups in total. The summed E-state index contributed by atoms with van der Waals surface area (Å²) in [6.07, 6.45) is -0.626. The van der Waals surface area contributed by atoms with Crippen LogP contribution in [0.4, 0.5) is 0 Å². The fraction of sp³-hybridized carbons (Fsp3) is 0.625. The van der Waals surface area contributed by atoms with Crippen LogP contribution in [0.15, 0.2) is 0 Å². The molecule has 1 unspecified atom stereocenters. The number of rotatable bonds is 9. The van der Waals surface area contributed by atoms with Crippen molar-refractivity contribution in [3.05, 3.63) is 10.1 Å². The highest BCUT2D eigenvalue weighted by Gasteiger charge is 2.21. The van der Waals surface area contributed by atoms with Gasteiger partial charge in [0.25, 0.3) is 5.09 Å². The number of nitrogens with one attached hydrogen (secondary N) is 1. The van der Waals surface area contributed by atoms with Crippen molar-refractivity contribution in [2.75, 3.05) is 6.61 Å². The topological polar surface area (TPSA) is 162 Å². The maximum atomic E-state index is 11.2. The average Bonchev–Trinajstić information content (AvgIpc) is 2.22. The summed E-state index contributed by atoms with van der Waals surface area (Å²) in [6.45, 7) is -0.270. The van der Waals surface area contributed by atoms with Gasteiger partial charge in [0.05, 0.1) is 13.0 Å². The molecule has 0 saturated carbocycles. The molecule has 0 bridgehead atoms. The van der Waals surface area contributed by atoms with Gasteiger partial charge in [0, 0.05) is 6.42 Å². The van der Waals surface area contributed by atoms with Gasteiger partial charge >= 0.3 is 5.97 Å². The van der Waals surface area contributed by atoms with Gasteiger partial charge in [0.1, 0.15) is 6.04 Å². The number of primary amides is 1. The second-order valence-corrected chi connectivity index (χ2v) is 3.29. The van der Waals surface area contributed by atoms with Crippen molar-refractivity contribution >= 4 is 17.8 Å². The predicted octanol–water partition coefficient (Wildman–Crippen LogP) is -1.58. The smallest absolute Gasteiger partial charge is 0.326 e. The van der Waals surface area contributed by atoms with Crippen LogP contribution < -0.4 is 11.1 Å². The van der Waals surface area contributed by atoms with Gasteiger partial charge in [-0.1, -0.05) is 0 Å². The molecule has 0 aromatic rings. The minimum Gasteiger partial charge on any atom is -0.480 e. The Bertz CT molecular complexity index is 344. The summed E-state index contributed by atoms with van der Waals surface area (Å²) in [5.74, 6) is -2.90. The lowest BCUT2D eigenvalue weighted by molar-refractivity contribution is -0.757. The lowest BCUT2D eigenvalue weighted by Crippen LogP contribution is -2.43. The van der Waals surface area contributed by atoms with Gasteiger partial charge in [-0.3, -0.25) is 9.59 Å². The molecule has 1 atom stereocenters. The summed E-state index contributed by atoms with van der Waals surface area (Å²) in [5, 5.41) is 19.5. The first kappa shape index (κ1) is 15.6. The number of aliphatic carboxylic acids is 1. The number of carboxylic acids is 1. The molecule has 0 aliphatic carbocycles. The Morgan fingerprint density at radius 2 is 2.06 bits per heavy atom. The molecule has 10 heteroatoms. The molecule has 0 saturated heterocycles. The van der Waals surface area contributed by atoms with Crippen LogP contribution in [0.1, 0.15) is 19.3 Å². The Balaban J connectivity index is 3.99. The average molecular weight is 263 g/mol. The number of carbonyl (C=O) groups excluding carboxylic acids is 2. The molecule has 0 aromatic carbocycles. The van der Waals surface area contributed by atoms with Crippen molar-refractivity contribution < 1.29 is 29.4 Å². The summed E-state index contributed by atoms with van der Waals surface area (Å²) in [6, 6.07) is -1.40. The zero-order chi connectivity index (χ0) is 14.1. The van der Waals surface area contributed by atoms with Gasteiger partial charge in [0.15, 0.2) is 0 Å². The number of hydrogen-bond acceptors (Lipinski definition) is 6. The fourth-order valence-electron chi connectivity index (χ4n) is 1.04. The maximum absolute atomic E-state index is 11.2. The molecule has 10 nitrogen and oxygen atoms in total. The Kier molecular flexibility index (Phi) is 6.78. The molecule has 18 heavy (non-hydrogen) atoms. The zero-order valence-electron chi connectivity index (χ0n) is 9.33. The highest BCUT2D eigenvalue weighted by atomic mass is 16.9. The highest BCUT2D eigenvalue weighted by Crippen LogP contribution is 1.96. The lowest BCUT2D eigenvalue weighted by Gasteiger charge is -2.12. The van der Waals surface area contributed by atoms with Gasteiger partial charge in [-0.15, -0.1) is 10.1 Å². The second kappa shape index (κ2) is 7.81. The number of carbonyl (C=O) groups is 3. The van der Waals surface area contributed by atoms with Gasteiger partial charge in [-0.2, -0.15) is 0 Å². The summed E-state index contributed by atoms with van der Waals surface area (Å²) < 4.78 is 0. The Hall–Kier alpha value is -2.39. The number of amides is 2. The molecular formula is C8H13N3O7. The van der Waals surface area contributed by atoms with Crippen molar-refractivity contribution in [2.45, 2.75) is 25.3 Å². The quantitative estimate of drug-likeness (QED) is 0.257. The van der Waals surface area contributed by atoms with Crippen LogP contribution in [0.25, 0.3) is 0 Å². The van der Waals surface area contributed by atoms with E-state index < -0.39 is 35.3 Å². The van der Waals surface area contributed by atoms with Crippen molar-refractivity contribution in [3.63, 3.8) is 0 Å². The molecule has 102 valence electrons. The van der Waals surface area contributed by atoms with Gasteiger partial charge in [0.2, 0.25) is 11.8 Å². The van der Waals surface area contributed by atoms with Crippen LogP contribution >= 0.6 is 0 Å². The van der Waals surface area contributed by atoms with E-state index in [-0.39, 0.29) is 19.4 Å². The van der Waals surface area contributed by atoms with E-state index in [0.29, 0.717) is 0 Å². The molecule has 0 aliphatic rings. The third kappa shape index (κ3) is 7.84. The lowest BCUT2D eigenvalue weighted by atomic mass is 10.2. The number of nitrogens with zero attached hydrogens (tertiary/aromatic N) is 1. The van der Waals surface area contributed by atoms with Crippen molar-refractivity contribution in [1.82, 2.24) is 5.32 Å². The van der Waals surface area contributed by atoms with E-state index in [4.69, 9.17) is 10.8 Å². The first-order valence-corrected chi connectivity index (χ1v) is 4.90. The minimum absolute atomic E-state index is 0.0513. The molecule has 0 radical (unpaired) electrons. The van der Waals surface area contributed by atoms with E-state index in [1.54, 1.807) is 0 Å². The van der Waals surface area contributed by atoms with Gasteiger partial charge < -0.3 is 21.0 Å². The molecule has 0 heterocycles. The summed E-state index contributed by atoms with van der Waals surface area (Å²) in [5.41, 5.74) is 4.81. The number of hydrogen-bond donors (Lipinski definition) is 3. The van der Waals surface area contributed by atoms with E-state index >= 15 is 0 Å². The molecule has 0 rings (SSSR count). The SMILES string of the molecule is NC(=O)CC(NC(=O)CCCO[N+](=O)[O-])C(=O)O. The monoisotopic (exact) mass is 263 g/mol. The predicted molar refractivity (Wildman–Crippen MR) is 55.6 cm³/mol. The zero-order valence-corrected chi connectivity index (χ0v) is 9.33. The van der Waals surface area contributed by atoms with Gasteiger partial charge in [-0.05, 0) is 6.42 Å². The third-order valence-corrected chi connectivity index (χ3v) is 1.78. The molecule has 0 aliphatic heterocycles. The molecule has 0 spiro atoms. The summed E-state index contributed by atoms with van der Waals surface area (Å²) >= 11 is 0. The normalized spacial score (nSPS) is 11.3. The molecule has 0 fully saturated rings. The standard InChI is InChI=1S/C8H13N3O7/c9-6(12)4-5(8(14)15)10-7(13)2-1-3-18-11(16)17/h5H,1-4H2,(H2,9,12)(H,10,13)(H,14,15). The van der Waals surface area contributed by atoms with Crippen LogP contribution in [0.5, 0.6) is 0 Å². The Morgan fingerprint density at radius 1 is 1.44 bits per heavy atom. The fourth-order valence-corrected chi connectivity index (χ4v) is 1.04. The summed E-state index contributed by atoms with van der Waals surface area (Å²) in [7, 11) is 0. The minimum atomic E-state index is -1.40. The van der Waals surface area contributed by atoms with Crippen LogP contribution in [0.3, 0.4) is 0 Å². The van der Waals surface area contributed by atoms with Gasteiger partial charge in [-0.25, -0.2) is 4.79 Å². The third-order valence-electron chi connectivity index (χ3n) is 1.78. The number of nitrogens with two attached hydrogens (primary N) is 1. The van der Waals surface area contributed by atoms with Crippen LogP contribution in [0.2, 0.25) is 0 Å². The van der Waals surface area contributed by atoms with E-state index in [1.165, 1.54) is 0 Å². The first-order valence-electron chi connectivity index (χ1n) is 4.90. The largest absolute Gasteiger partial charge is 0.480 e. The highest BCUT2D eigenvalue weighted by molar-refractivity contribution is 5.88. The van der Waals surface area contributed by atoms with Crippen LogP contribution in [0, 0.1) is 10.1 Å². The van der Waals surface area contributed by atoms with E-state index in [1.807, 2.05) is 0 Å². The van der Waals surface area contributed by atoms with Crippen LogP contribution in [-0.4, -0.2) is 40.6 Å². The Morgan fingerprint density at radius 3 is 2.50 bits per heavy atom. The molecule has 2 amide bonds. The summed E-state index contributed by atoms with van der Waals surface area (Å²) in [4.78, 5) is 46.2. The van der Waals surface area contributed by atoms with Crippen LogP contribution in [-0.2, 0) is 19.2 Å². The van der Waals surface area contributed by atoms with E-state index in [9.17, 15) is 24.5 Å². The first-order chi connectivity index (χ1) is 8.32. The number of carboxylic acid groups (broad SMARTS) is 1. The molecular weight excluding hydrogens is 250 g/mol. The van der Waals surface area contributed by atoms with E-state index in [2.05, 4.69) is 10.2 Å². The maximum Gasteiger partial charge on any atom is 0.326 e.